The Balaban J connectivity index is 2.27. The number of rotatable bonds is 6. The lowest BCUT2D eigenvalue weighted by Crippen LogP contribution is -2.17. The van der Waals surface area contributed by atoms with Gasteiger partial charge in [0.2, 0.25) is 20.0 Å². The molecule has 0 aliphatic rings. The van der Waals surface area contributed by atoms with E-state index in [-0.39, 0.29) is 14.9 Å². The number of aromatic nitrogens is 1. The maximum absolute atomic E-state index is 12.3. The van der Waals surface area contributed by atoms with Gasteiger partial charge in [-0.2, -0.15) is 0 Å². The third-order valence-corrected chi connectivity index (χ3v) is 5.64. The fourth-order valence-corrected chi connectivity index (χ4v) is 3.94. The second kappa shape index (κ2) is 6.16. The minimum absolute atomic E-state index is 0.0324. The van der Waals surface area contributed by atoms with Crippen molar-refractivity contribution in [2.24, 2.45) is 0 Å². The molecule has 1 heterocycles. The predicted molar refractivity (Wildman–Crippen MR) is 75.6 cm³/mol. The van der Waals surface area contributed by atoms with E-state index in [0.717, 1.165) is 11.3 Å². The number of aliphatic carboxylic acids is 1. The summed E-state index contributed by atoms with van der Waals surface area (Å²) in [6.07, 6.45) is -0.857. The summed E-state index contributed by atoms with van der Waals surface area (Å²) in [7, 11) is -3.84. The molecule has 1 aromatic heterocycles. The zero-order valence-electron chi connectivity index (χ0n) is 10.9. The summed E-state index contributed by atoms with van der Waals surface area (Å²) in [6, 6.07) is 7.56. The zero-order valence-corrected chi connectivity index (χ0v) is 12.6. The minimum atomic E-state index is -3.84. The summed E-state index contributed by atoms with van der Waals surface area (Å²) in [6.45, 7) is 0. The Labute approximate surface area is 129 Å². The van der Waals surface area contributed by atoms with E-state index in [0.29, 0.717) is 0 Å². The summed E-state index contributed by atoms with van der Waals surface area (Å²) in [5.41, 5.74) is -0.242. The first-order valence-corrected chi connectivity index (χ1v) is 8.23. The molecule has 1 aromatic carbocycles. The molecule has 0 aliphatic heterocycles. The average Bonchev–Trinajstić information content (AvgIpc) is 2.98. The molecule has 0 atom stereocenters. The summed E-state index contributed by atoms with van der Waals surface area (Å²) >= 11 is 0.737. The van der Waals surface area contributed by atoms with Crippen molar-refractivity contribution in [1.82, 2.24) is 4.98 Å². The molecule has 22 heavy (non-hydrogen) atoms. The summed E-state index contributed by atoms with van der Waals surface area (Å²) < 4.78 is 24.3. The Morgan fingerprint density at radius 1 is 1.14 bits per heavy atom. The first-order valence-electron chi connectivity index (χ1n) is 5.87. The number of Topliss-reactive ketones (excluding diaryl/α,β-unsaturated/α-hetero) is 2. The highest BCUT2D eigenvalue weighted by molar-refractivity contribution is 7.93. The first-order chi connectivity index (χ1) is 10.3. The topological polar surface area (TPSA) is 118 Å². The summed E-state index contributed by atoms with van der Waals surface area (Å²) in [5.74, 6) is -3.83. The van der Waals surface area contributed by atoms with Gasteiger partial charge in [-0.15, -0.1) is 11.3 Å². The number of hydrogen-bond donors (Lipinski definition) is 1. The van der Waals surface area contributed by atoms with Gasteiger partial charge >= 0.3 is 5.97 Å². The quantitative estimate of drug-likeness (QED) is 0.477. The fourth-order valence-electron chi connectivity index (χ4n) is 1.52. The smallest absolute Gasteiger partial charge is 0.372 e. The van der Waals surface area contributed by atoms with Crippen LogP contribution in [-0.2, 0) is 19.4 Å². The molecule has 0 aliphatic carbocycles. The maximum atomic E-state index is 12.3. The van der Waals surface area contributed by atoms with Gasteiger partial charge in [0, 0.05) is 5.38 Å². The third-order valence-electron chi connectivity index (χ3n) is 2.61. The van der Waals surface area contributed by atoms with Crippen LogP contribution in [-0.4, -0.2) is 36.0 Å². The molecule has 0 fully saturated rings. The second-order valence-corrected chi connectivity index (χ2v) is 7.12. The van der Waals surface area contributed by atoms with E-state index < -0.39 is 33.8 Å². The Morgan fingerprint density at radius 3 is 2.36 bits per heavy atom. The van der Waals surface area contributed by atoms with Gasteiger partial charge in [-0.25, -0.2) is 18.2 Å². The SMILES string of the molecule is O=C(O)C(=O)CC(=O)c1csc(S(=O)(=O)c2ccccc2)n1. The van der Waals surface area contributed by atoms with Crippen molar-refractivity contribution in [3.8, 4) is 0 Å². The van der Waals surface area contributed by atoms with Crippen molar-refractivity contribution >= 4 is 38.7 Å². The zero-order chi connectivity index (χ0) is 16.3. The normalized spacial score (nSPS) is 11.1. The second-order valence-electron chi connectivity index (χ2n) is 4.14. The van der Waals surface area contributed by atoms with Crippen LogP contribution in [0.15, 0.2) is 44.9 Å². The van der Waals surface area contributed by atoms with E-state index in [1.807, 2.05) is 0 Å². The molecule has 2 rings (SSSR count). The number of sulfone groups is 1. The van der Waals surface area contributed by atoms with Crippen LogP contribution in [0.3, 0.4) is 0 Å². The standard InChI is InChI=1S/C13H9NO6S2/c15-10(6-11(16)12(17)18)9-7-21-13(14-9)22(19,20)8-4-2-1-3-5-8/h1-5,7H,6H2,(H,17,18). The number of ketones is 2. The van der Waals surface area contributed by atoms with E-state index in [1.165, 1.54) is 17.5 Å². The molecule has 0 radical (unpaired) electrons. The number of carbonyl (C=O) groups is 3. The van der Waals surface area contributed by atoms with Gasteiger partial charge in [0.05, 0.1) is 11.3 Å². The highest BCUT2D eigenvalue weighted by Crippen LogP contribution is 2.24. The molecule has 0 saturated heterocycles. The van der Waals surface area contributed by atoms with Gasteiger partial charge in [-0.05, 0) is 12.1 Å². The average molecular weight is 339 g/mol. The van der Waals surface area contributed by atoms with Gasteiger partial charge in [0.25, 0.3) is 0 Å². The van der Waals surface area contributed by atoms with Crippen LogP contribution < -0.4 is 0 Å². The van der Waals surface area contributed by atoms with Crippen LogP contribution in [0.2, 0.25) is 0 Å². The van der Waals surface area contributed by atoms with Gasteiger partial charge in [-0.3, -0.25) is 9.59 Å². The monoisotopic (exact) mass is 339 g/mol. The lowest BCUT2D eigenvalue weighted by atomic mass is 10.2. The Kier molecular flexibility index (Phi) is 4.48. The van der Waals surface area contributed by atoms with Crippen LogP contribution in [0.25, 0.3) is 0 Å². The van der Waals surface area contributed by atoms with Crippen molar-refractivity contribution in [3.63, 3.8) is 0 Å². The molecule has 0 spiro atoms. The van der Waals surface area contributed by atoms with Crippen LogP contribution in [0.1, 0.15) is 16.9 Å². The molecule has 9 heteroatoms. The highest BCUT2D eigenvalue weighted by atomic mass is 32.2. The molecule has 0 unspecified atom stereocenters. The molecule has 2 aromatic rings. The lowest BCUT2D eigenvalue weighted by Gasteiger charge is -1.99. The van der Waals surface area contributed by atoms with Crippen LogP contribution in [0.5, 0.6) is 0 Å². The van der Waals surface area contributed by atoms with E-state index >= 15 is 0 Å². The summed E-state index contributed by atoms with van der Waals surface area (Å²) in [5, 5.41) is 9.63. The molecule has 0 saturated carbocycles. The highest BCUT2D eigenvalue weighted by Gasteiger charge is 2.25. The molecule has 7 nitrogen and oxygen atoms in total. The minimum Gasteiger partial charge on any atom is -0.475 e. The van der Waals surface area contributed by atoms with Crippen molar-refractivity contribution in [2.45, 2.75) is 15.7 Å². The molecule has 114 valence electrons. The van der Waals surface area contributed by atoms with Crippen LogP contribution >= 0.6 is 11.3 Å². The van der Waals surface area contributed by atoms with Gasteiger partial charge in [0.15, 0.2) is 5.78 Å². The Hall–Kier alpha value is -2.39. The fraction of sp³-hybridized carbons (Fsp3) is 0.0769. The number of carboxylic acids is 1. The van der Waals surface area contributed by atoms with Crippen molar-refractivity contribution in [2.75, 3.05) is 0 Å². The number of carbonyl (C=O) groups excluding carboxylic acids is 2. The number of carboxylic acid groups (broad SMARTS) is 1. The molecule has 0 amide bonds. The maximum Gasteiger partial charge on any atom is 0.372 e. The number of benzene rings is 1. The van der Waals surface area contributed by atoms with E-state index in [9.17, 15) is 22.8 Å². The van der Waals surface area contributed by atoms with E-state index in [2.05, 4.69) is 4.98 Å². The molecule has 0 bridgehead atoms. The van der Waals surface area contributed by atoms with E-state index in [4.69, 9.17) is 5.11 Å². The third kappa shape index (κ3) is 3.26. The first kappa shape index (κ1) is 16.0. The Morgan fingerprint density at radius 2 is 1.77 bits per heavy atom. The van der Waals surface area contributed by atoms with Crippen molar-refractivity contribution in [3.05, 3.63) is 41.4 Å². The molecule has 1 N–H and O–H groups in total. The van der Waals surface area contributed by atoms with Gasteiger partial charge in [0.1, 0.15) is 5.69 Å². The lowest BCUT2D eigenvalue weighted by molar-refractivity contribution is -0.148. The largest absolute Gasteiger partial charge is 0.475 e. The predicted octanol–water partition coefficient (Wildman–Crippen LogP) is 1.20. The number of nitrogens with zero attached hydrogens (tertiary/aromatic N) is 1. The van der Waals surface area contributed by atoms with Crippen LogP contribution in [0, 0.1) is 0 Å². The van der Waals surface area contributed by atoms with E-state index in [1.54, 1.807) is 18.2 Å². The molecular formula is C13H9NO6S2. The Bertz CT molecular complexity index is 838. The van der Waals surface area contributed by atoms with Crippen molar-refractivity contribution < 1.29 is 27.9 Å². The molecular weight excluding hydrogens is 330 g/mol. The van der Waals surface area contributed by atoms with Gasteiger partial charge < -0.3 is 5.11 Å². The van der Waals surface area contributed by atoms with Gasteiger partial charge in [-0.1, -0.05) is 18.2 Å². The van der Waals surface area contributed by atoms with Crippen molar-refractivity contribution in [1.29, 1.82) is 0 Å². The summed E-state index contributed by atoms with van der Waals surface area (Å²) in [4.78, 5) is 36.8. The number of hydrogen-bond acceptors (Lipinski definition) is 7. The van der Waals surface area contributed by atoms with Crippen LogP contribution in [0.4, 0.5) is 0 Å². The number of thiazole rings is 1.